The van der Waals surface area contributed by atoms with E-state index in [9.17, 15) is 13.2 Å². The fourth-order valence-electron chi connectivity index (χ4n) is 3.33. The van der Waals surface area contributed by atoms with Crippen LogP contribution in [0.1, 0.15) is 24.8 Å². The summed E-state index contributed by atoms with van der Waals surface area (Å²) >= 11 is 0. The summed E-state index contributed by atoms with van der Waals surface area (Å²) < 4.78 is 32.3. The number of aromatic nitrogens is 1. The monoisotopic (exact) mass is 417 g/mol. The molecular weight excluding hydrogens is 390 g/mol. The molecule has 0 aliphatic carbocycles. The summed E-state index contributed by atoms with van der Waals surface area (Å²) in [5.74, 6) is 0.658. The average molecular weight is 418 g/mol. The molecule has 0 spiro atoms. The Morgan fingerprint density at radius 3 is 2.72 bits per heavy atom. The van der Waals surface area contributed by atoms with Crippen LogP contribution in [0.25, 0.3) is 0 Å². The lowest BCUT2D eigenvalue weighted by Crippen LogP contribution is -2.43. The van der Waals surface area contributed by atoms with E-state index < -0.39 is 10.0 Å². The number of pyridine rings is 1. The summed E-state index contributed by atoms with van der Waals surface area (Å²) in [4.78, 5) is 16.4. The van der Waals surface area contributed by atoms with Gasteiger partial charge in [-0.05, 0) is 56.0 Å². The molecule has 7 nitrogen and oxygen atoms in total. The number of sulfonamides is 1. The molecule has 1 aromatic heterocycles. The Morgan fingerprint density at radius 2 is 2.03 bits per heavy atom. The molecule has 1 aromatic carbocycles. The number of piperidine rings is 1. The molecule has 29 heavy (non-hydrogen) atoms. The molecule has 3 rings (SSSR count). The fourth-order valence-corrected chi connectivity index (χ4v) is 4.76. The van der Waals surface area contributed by atoms with Gasteiger partial charge in [-0.3, -0.25) is 9.78 Å². The van der Waals surface area contributed by atoms with Gasteiger partial charge in [-0.15, -0.1) is 0 Å². The van der Waals surface area contributed by atoms with Crippen molar-refractivity contribution in [1.29, 1.82) is 0 Å². The Hall–Kier alpha value is -2.45. The van der Waals surface area contributed by atoms with E-state index in [0.717, 1.165) is 11.3 Å². The number of nitrogens with one attached hydrogen (secondary N) is 1. The van der Waals surface area contributed by atoms with Crippen molar-refractivity contribution in [3.63, 3.8) is 0 Å². The number of hydrogen-bond acceptors (Lipinski definition) is 5. The van der Waals surface area contributed by atoms with E-state index in [1.54, 1.807) is 18.3 Å². The number of hydrogen-bond donors (Lipinski definition) is 1. The summed E-state index contributed by atoms with van der Waals surface area (Å²) in [6.07, 6.45) is 4.65. The molecule has 0 bridgehead atoms. The minimum absolute atomic E-state index is 0.0148. The number of aryl methyl sites for hydroxylation is 1. The van der Waals surface area contributed by atoms with Gasteiger partial charge in [-0.1, -0.05) is 12.1 Å². The van der Waals surface area contributed by atoms with Crippen LogP contribution in [0, 0.1) is 12.8 Å². The average Bonchev–Trinajstić information content (AvgIpc) is 2.74. The van der Waals surface area contributed by atoms with Gasteiger partial charge in [0.25, 0.3) is 0 Å². The van der Waals surface area contributed by atoms with E-state index in [1.807, 2.05) is 31.2 Å². The van der Waals surface area contributed by atoms with Crippen molar-refractivity contribution >= 4 is 15.9 Å². The first-order valence-electron chi connectivity index (χ1n) is 9.84. The van der Waals surface area contributed by atoms with Crippen molar-refractivity contribution in [2.75, 3.05) is 26.2 Å². The molecule has 0 atom stereocenters. The molecule has 0 unspecified atom stereocenters. The Bertz CT molecular complexity index is 911. The predicted octanol–water partition coefficient (Wildman–Crippen LogP) is 2.38. The maximum Gasteiger partial charge on any atom is 0.244 e. The molecule has 2 aromatic rings. The van der Waals surface area contributed by atoms with E-state index in [0.29, 0.717) is 45.5 Å². The van der Waals surface area contributed by atoms with Crippen molar-refractivity contribution < 1.29 is 17.9 Å². The molecule has 1 amide bonds. The third-order valence-corrected chi connectivity index (χ3v) is 6.86. The maximum atomic E-state index is 12.6. The first-order chi connectivity index (χ1) is 14.0. The van der Waals surface area contributed by atoms with Gasteiger partial charge in [0.05, 0.1) is 6.61 Å². The highest BCUT2D eigenvalue weighted by molar-refractivity contribution is 7.89. The highest BCUT2D eigenvalue weighted by atomic mass is 32.2. The molecule has 8 heteroatoms. The summed E-state index contributed by atoms with van der Waals surface area (Å²) in [5.41, 5.74) is 1.15. The van der Waals surface area contributed by atoms with Crippen LogP contribution in [0.5, 0.6) is 5.75 Å². The van der Waals surface area contributed by atoms with Crippen LogP contribution in [-0.2, 0) is 14.8 Å². The summed E-state index contributed by atoms with van der Waals surface area (Å²) in [7, 11) is -3.54. The lowest BCUT2D eigenvalue weighted by molar-refractivity contribution is -0.126. The van der Waals surface area contributed by atoms with Crippen molar-refractivity contribution in [3.05, 3.63) is 54.4 Å². The standard InChI is InChI=1S/C21H27N3O4S/c1-17-5-2-6-19(15-17)28-14-4-11-23-21(25)18-8-12-24(13-9-18)29(26,27)20-7-3-10-22-16-20/h2-3,5-7,10,15-16,18H,4,8-9,11-14H2,1H3,(H,23,25). The van der Waals surface area contributed by atoms with Crippen LogP contribution in [0.2, 0.25) is 0 Å². The Morgan fingerprint density at radius 1 is 1.24 bits per heavy atom. The molecule has 156 valence electrons. The largest absolute Gasteiger partial charge is 0.494 e. The summed E-state index contributed by atoms with van der Waals surface area (Å²) in [6, 6.07) is 11.0. The van der Waals surface area contributed by atoms with E-state index in [2.05, 4.69) is 10.3 Å². The van der Waals surface area contributed by atoms with Gasteiger partial charge in [0, 0.05) is 37.9 Å². The lowest BCUT2D eigenvalue weighted by Gasteiger charge is -2.30. The Balaban J connectivity index is 1.38. The molecule has 1 aliphatic rings. The van der Waals surface area contributed by atoms with Crippen molar-refractivity contribution in [1.82, 2.24) is 14.6 Å². The Kier molecular flexibility index (Phi) is 7.22. The molecule has 0 saturated carbocycles. The quantitative estimate of drug-likeness (QED) is 0.666. The second-order valence-electron chi connectivity index (χ2n) is 7.18. The van der Waals surface area contributed by atoms with Crippen molar-refractivity contribution in [2.24, 2.45) is 5.92 Å². The van der Waals surface area contributed by atoms with Gasteiger partial charge in [-0.25, -0.2) is 8.42 Å². The van der Waals surface area contributed by atoms with E-state index in [1.165, 1.54) is 10.5 Å². The summed E-state index contributed by atoms with van der Waals surface area (Å²) in [6.45, 7) is 3.77. The van der Waals surface area contributed by atoms with Gasteiger partial charge >= 0.3 is 0 Å². The van der Waals surface area contributed by atoms with Crippen LogP contribution in [0.15, 0.2) is 53.7 Å². The molecule has 1 aliphatic heterocycles. The smallest absolute Gasteiger partial charge is 0.244 e. The first kappa shape index (κ1) is 21.3. The number of benzene rings is 1. The highest BCUT2D eigenvalue weighted by Gasteiger charge is 2.32. The zero-order valence-corrected chi connectivity index (χ0v) is 17.4. The second kappa shape index (κ2) is 9.84. The normalized spacial score (nSPS) is 15.8. The molecule has 1 fully saturated rings. The highest BCUT2D eigenvalue weighted by Crippen LogP contribution is 2.23. The van der Waals surface area contributed by atoms with E-state index in [-0.39, 0.29) is 16.7 Å². The van der Waals surface area contributed by atoms with E-state index in [4.69, 9.17) is 4.74 Å². The molecule has 0 radical (unpaired) electrons. The van der Waals surface area contributed by atoms with Crippen molar-refractivity contribution in [2.45, 2.75) is 31.1 Å². The number of rotatable bonds is 8. The van der Waals surface area contributed by atoms with Crippen LogP contribution in [-0.4, -0.2) is 49.9 Å². The number of carbonyl (C=O) groups is 1. The zero-order valence-electron chi connectivity index (χ0n) is 16.6. The third-order valence-electron chi connectivity index (χ3n) is 4.98. The van der Waals surface area contributed by atoms with Crippen LogP contribution in [0.4, 0.5) is 0 Å². The van der Waals surface area contributed by atoms with Gasteiger partial charge in [-0.2, -0.15) is 4.31 Å². The maximum absolute atomic E-state index is 12.6. The fraction of sp³-hybridized carbons (Fsp3) is 0.429. The summed E-state index contributed by atoms with van der Waals surface area (Å²) in [5, 5.41) is 2.94. The van der Waals surface area contributed by atoms with Gasteiger partial charge in [0.1, 0.15) is 10.6 Å². The molecule has 1 saturated heterocycles. The zero-order chi connectivity index (χ0) is 20.7. The predicted molar refractivity (Wildman–Crippen MR) is 110 cm³/mol. The SMILES string of the molecule is Cc1cccc(OCCCNC(=O)C2CCN(S(=O)(=O)c3cccnc3)CC2)c1. The number of carbonyl (C=O) groups excluding carboxylic acids is 1. The third kappa shape index (κ3) is 5.77. The van der Waals surface area contributed by atoms with Crippen molar-refractivity contribution in [3.8, 4) is 5.75 Å². The number of amides is 1. The van der Waals surface area contributed by atoms with Gasteiger partial charge < -0.3 is 10.1 Å². The molecular formula is C21H27N3O4S. The second-order valence-corrected chi connectivity index (χ2v) is 9.11. The molecule has 2 heterocycles. The van der Waals surface area contributed by atoms with Crippen LogP contribution >= 0.6 is 0 Å². The van der Waals surface area contributed by atoms with Crippen LogP contribution in [0.3, 0.4) is 0 Å². The minimum Gasteiger partial charge on any atom is -0.494 e. The topological polar surface area (TPSA) is 88.6 Å². The van der Waals surface area contributed by atoms with E-state index >= 15 is 0 Å². The lowest BCUT2D eigenvalue weighted by atomic mass is 9.97. The number of nitrogens with zero attached hydrogens (tertiary/aromatic N) is 2. The van der Waals surface area contributed by atoms with Gasteiger partial charge in [0.15, 0.2) is 0 Å². The first-order valence-corrected chi connectivity index (χ1v) is 11.3. The van der Waals surface area contributed by atoms with Crippen LogP contribution < -0.4 is 10.1 Å². The number of ether oxygens (including phenoxy) is 1. The van der Waals surface area contributed by atoms with Gasteiger partial charge in [0.2, 0.25) is 15.9 Å². The minimum atomic E-state index is -3.54. The molecule has 1 N–H and O–H groups in total. The Labute approximate surface area is 172 Å².